The van der Waals surface area contributed by atoms with Crippen molar-refractivity contribution in [2.45, 2.75) is 39.8 Å². The van der Waals surface area contributed by atoms with Gasteiger partial charge in [0.15, 0.2) is 11.2 Å². The monoisotopic (exact) mass is 732 g/mol. The molecular formula is C44H40N6O5. The first-order chi connectivity index (χ1) is 26.8. The Balaban J connectivity index is 0.000000159. The topological polar surface area (TPSA) is 170 Å². The van der Waals surface area contributed by atoms with Crippen molar-refractivity contribution >= 4 is 34.1 Å². The van der Waals surface area contributed by atoms with E-state index in [-0.39, 0.29) is 11.5 Å². The van der Waals surface area contributed by atoms with Crippen LogP contribution in [0.25, 0.3) is 45.1 Å². The van der Waals surface area contributed by atoms with Crippen molar-refractivity contribution in [3.63, 3.8) is 0 Å². The van der Waals surface area contributed by atoms with E-state index in [9.17, 15) is 9.59 Å². The van der Waals surface area contributed by atoms with Crippen LogP contribution in [0.15, 0.2) is 143 Å². The molecule has 4 heterocycles. The van der Waals surface area contributed by atoms with Gasteiger partial charge < -0.3 is 25.0 Å². The van der Waals surface area contributed by atoms with Crippen molar-refractivity contribution in [1.82, 2.24) is 25.3 Å². The number of amides is 1. The second-order valence-corrected chi connectivity index (χ2v) is 12.4. The highest BCUT2D eigenvalue weighted by Crippen LogP contribution is 2.27. The Hall–Kier alpha value is -6.98. The molecule has 4 aromatic heterocycles. The number of carboxylic acids is 1. The number of hydrogen-bond donors (Lipinski definition) is 3. The normalized spacial score (nSPS) is 10.6. The molecule has 0 saturated heterocycles. The van der Waals surface area contributed by atoms with Gasteiger partial charge in [-0.2, -0.15) is 0 Å². The lowest BCUT2D eigenvalue weighted by molar-refractivity contribution is 0.0696. The molecule has 0 saturated carbocycles. The quantitative estimate of drug-likeness (QED) is 0.130. The first-order valence-electron chi connectivity index (χ1n) is 17.8. The number of hydrogen-bond acceptors (Lipinski definition) is 9. The second-order valence-electron chi connectivity index (χ2n) is 12.4. The van der Waals surface area contributed by atoms with Crippen molar-refractivity contribution < 1.29 is 23.5 Å². The third-order valence-electron chi connectivity index (χ3n) is 8.64. The van der Waals surface area contributed by atoms with Crippen LogP contribution in [0, 0.1) is 0 Å². The predicted octanol–water partition coefficient (Wildman–Crippen LogP) is 8.68. The summed E-state index contributed by atoms with van der Waals surface area (Å²) in [7, 11) is 0. The summed E-state index contributed by atoms with van der Waals surface area (Å²) in [4.78, 5) is 39.0. The van der Waals surface area contributed by atoms with Crippen molar-refractivity contribution in [2.75, 3.05) is 0 Å². The number of nitrogens with one attached hydrogen (secondary N) is 1. The van der Waals surface area contributed by atoms with Gasteiger partial charge >= 0.3 is 5.97 Å². The van der Waals surface area contributed by atoms with E-state index in [4.69, 9.17) is 19.7 Å². The van der Waals surface area contributed by atoms with Crippen LogP contribution < -0.4 is 11.1 Å². The van der Waals surface area contributed by atoms with E-state index in [1.807, 2.05) is 60.7 Å². The van der Waals surface area contributed by atoms with E-state index in [1.165, 1.54) is 29.6 Å². The Labute approximate surface area is 317 Å². The van der Waals surface area contributed by atoms with E-state index >= 15 is 0 Å². The molecule has 55 heavy (non-hydrogen) atoms. The summed E-state index contributed by atoms with van der Waals surface area (Å²) in [6.07, 6.45) is 8.01. The lowest BCUT2D eigenvalue weighted by atomic mass is 10.1. The number of aryl methyl sites for hydroxylation is 2. The maximum Gasteiger partial charge on any atom is 0.337 e. The van der Waals surface area contributed by atoms with Gasteiger partial charge in [-0.05, 0) is 108 Å². The lowest BCUT2D eigenvalue weighted by Crippen LogP contribution is -2.22. The van der Waals surface area contributed by atoms with Crippen LogP contribution >= 0.6 is 0 Å². The molecule has 0 unspecified atom stereocenters. The van der Waals surface area contributed by atoms with Gasteiger partial charge in [0.05, 0.1) is 11.1 Å². The molecule has 0 bridgehead atoms. The fourth-order valence-electron chi connectivity index (χ4n) is 5.45. The Kier molecular flexibility index (Phi) is 12.5. The highest BCUT2D eigenvalue weighted by atomic mass is 16.4. The van der Waals surface area contributed by atoms with Gasteiger partial charge in [0.2, 0.25) is 11.8 Å². The lowest BCUT2D eigenvalue weighted by Gasteiger charge is -2.05. The molecule has 4 N–H and O–H groups in total. The predicted molar refractivity (Wildman–Crippen MR) is 212 cm³/mol. The largest absolute Gasteiger partial charge is 0.478 e. The number of carbonyl (C=O) groups is 2. The summed E-state index contributed by atoms with van der Waals surface area (Å²) in [5, 5.41) is 11.2. The highest BCUT2D eigenvalue weighted by molar-refractivity contribution is 5.93. The van der Waals surface area contributed by atoms with Gasteiger partial charge in [-0.3, -0.25) is 14.8 Å². The summed E-state index contributed by atoms with van der Waals surface area (Å²) in [5.41, 5.74) is 16.3. The maximum absolute atomic E-state index is 12.1. The Morgan fingerprint density at radius 2 is 1.11 bits per heavy atom. The molecule has 0 aliphatic rings. The number of carboxylic acid groups (broad SMARTS) is 1. The Morgan fingerprint density at radius 3 is 1.53 bits per heavy atom. The van der Waals surface area contributed by atoms with Gasteiger partial charge in [0, 0.05) is 49.0 Å². The minimum absolute atomic E-state index is 0.141. The van der Waals surface area contributed by atoms with Crippen molar-refractivity contribution in [3.8, 4) is 22.9 Å². The molecular weight excluding hydrogens is 693 g/mol. The zero-order valence-corrected chi connectivity index (χ0v) is 30.5. The molecule has 11 heteroatoms. The van der Waals surface area contributed by atoms with E-state index < -0.39 is 5.97 Å². The number of benzene rings is 4. The standard InChI is InChI=1S/C22H19N3O2.C16H16N2O.C6H5NO2/c1-2-15-7-10-20-19(12-15)25-22(27-20)17-8-5-16(6-9-17)13-24-21(26)18-4-3-11-23-14-18;1-2-11-5-8-15-14(9-11)18-16(19-15)13-6-3-12(10-17)4-7-13;8-6(9)5-2-1-3-7-4-5/h3-12,14H,2,13H2,1H3,(H,24,26);3-9H,2,10,17H2,1H3;1-4H,(H,8,9). The molecule has 4 aromatic carbocycles. The van der Waals surface area contributed by atoms with Crippen LogP contribution in [-0.4, -0.2) is 36.9 Å². The maximum atomic E-state index is 12.1. The molecule has 11 nitrogen and oxygen atoms in total. The van der Waals surface area contributed by atoms with Crippen LogP contribution in [0.2, 0.25) is 0 Å². The molecule has 0 aliphatic heterocycles. The van der Waals surface area contributed by atoms with Gasteiger partial charge in [0.1, 0.15) is 11.0 Å². The molecule has 1 amide bonds. The highest BCUT2D eigenvalue weighted by Gasteiger charge is 2.11. The molecule has 8 aromatic rings. The molecule has 0 atom stereocenters. The third-order valence-corrected chi connectivity index (χ3v) is 8.64. The van der Waals surface area contributed by atoms with E-state index in [0.717, 1.165) is 57.3 Å². The molecule has 0 radical (unpaired) electrons. The molecule has 0 fully saturated rings. The first kappa shape index (κ1) is 37.8. The minimum Gasteiger partial charge on any atom is -0.478 e. The molecule has 0 aliphatic carbocycles. The minimum atomic E-state index is -0.942. The smallest absolute Gasteiger partial charge is 0.337 e. The number of pyridine rings is 2. The average molecular weight is 733 g/mol. The van der Waals surface area contributed by atoms with Gasteiger partial charge in [0.25, 0.3) is 5.91 Å². The van der Waals surface area contributed by atoms with E-state index in [2.05, 4.69) is 63.4 Å². The number of fused-ring (bicyclic) bond motifs is 2. The van der Waals surface area contributed by atoms with Gasteiger partial charge in [-0.1, -0.05) is 50.2 Å². The van der Waals surface area contributed by atoms with Crippen LogP contribution in [0.5, 0.6) is 0 Å². The number of nitrogens with zero attached hydrogens (tertiary/aromatic N) is 4. The van der Waals surface area contributed by atoms with Gasteiger partial charge in [-0.25, -0.2) is 14.8 Å². The summed E-state index contributed by atoms with van der Waals surface area (Å²) in [6.45, 7) is 5.25. The van der Waals surface area contributed by atoms with E-state index in [0.29, 0.717) is 30.4 Å². The van der Waals surface area contributed by atoms with Crippen molar-refractivity contribution in [2.24, 2.45) is 5.73 Å². The Morgan fingerprint density at radius 1 is 0.636 bits per heavy atom. The number of aromatic carboxylic acids is 1. The Bertz CT molecular complexity index is 2480. The molecule has 0 spiro atoms. The number of oxazole rings is 2. The fraction of sp³-hybridized carbons (Fsp3) is 0.136. The number of nitrogens with two attached hydrogens (primary N) is 1. The molecule has 276 valence electrons. The van der Waals surface area contributed by atoms with Crippen molar-refractivity contribution in [1.29, 1.82) is 0 Å². The molecule has 8 rings (SSSR count). The van der Waals surface area contributed by atoms with E-state index in [1.54, 1.807) is 30.6 Å². The zero-order valence-electron chi connectivity index (χ0n) is 30.5. The SMILES string of the molecule is CCc1ccc2oc(-c3ccc(CN)cc3)nc2c1.CCc1ccc2oc(-c3ccc(CNC(=O)c4cccnc4)cc3)nc2c1.O=C(O)c1cccnc1. The number of rotatable bonds is 9. The summed E-state index contributed by atoms with van der Waals surface area (Å²) >= 11 is 0. The van der Waals surface area contributed by atoms with Crippen LogP contribution in [-0.2, 0) is 25.9 Å². The van der Waals surface area contributed by atoms with Crippen LogP contribution in [0.3, 0.4) is 0 Å². The average Bonchev–Trinajstić information content (AvgIpc) is 3.88. The number of carbonyl (C=O) groups excluding carboxylic acids is 1. The van der Waals surface area contributed by atoms with Crippen LogP contribution in [0.4, 0.5) is 0 Å². The number of aromatic nitrogens is 4. The van der Waals surface area contributed by atoms with Crippen molar-refractivity contribution in [3.05, 3.63) is 167 Å². The zero-order chi connectivity index (χ0) is 38.6. The van der Waals surface area contributed by atoms with Gasteiger partial charge in [-0.15, -0.1) is 0 Å². The third kappa shape index (κ3) is 9.92. The van der Waals surface area contributed by atoms with Crippen LogP contribution in [0.1, 0.15) is 56.8 Å². The summed E-state index contributed by atoms with van der Waals surface area (Å²) in [5.74, 6) is 0.178. The second kappa shape index (κ2) is 18.2. The first-order valence-corrected chi connectivity index (χ1v) is 17.8. The summed E-state index contributed by atoms with van der Waals surface area (Å²) in [6, 6.07) is 34.6. The summed E-state index contributed by atoms with van der Waals surface area (Å²) < 4.78 is 11.6. The fourth-order valence-corrected chi connectivity index (χ4v) is 5.45.